The quantitative estimate of drug-likeness (QED) is 0.717. The van der Waals surface area contributed by atoms with E-state index in [1.54, 1.807) is 52.7 Å². The van der Waals surface area contributed by atoms with Gasteiger partial charge < -0.3 is 19.5 Å². The second-order valence-corrected chi connectivity index (χ2v) is 6.70. The number of furan rings is 1. The van der Waals surface area contributed by atoms with E-state index in [0.29, 0.717) is 49.9 Å². The first-order valence-electron chi connectivity index (χ1n) is 9.41. The van der Waals surface area contributed by atoms with Crippen molar-refractivity contribution in [3.63, 3.8) is 0 Å². The van der Waals surface area contributed by atoms with Crippen LogP contribution in [0.15, 0.2) is 65.7 Å². The fourth-order valence-corrected chi connectivity index (χ4v) is 3.20. The summed E-state index contributed by atoms with van der Waals surface area (Å²) in [6, 6.07) is 10.6. The monoisotopic (exact) mass is 391 g/mol. The van der Waals surface area contributed by atoms with Gasteiger partial charge in [0.05, 0.1) is 6.26 Å². The second-order valence-electron chi connectivity index (χ2n) is 6.70. The standard InChI is InChI=1S/C21H21N5O3/c27-20(25-9-11-26(12-10-25)21(28)18-2-1-13-29-18)17-5-8-23-19(14-17)24-15-16-3-6-22-7-4-16/h1-8,13-14H,9-12,15H2,(H,23,24). The minimum absolute atomic E-state index is 0.0653. The van der Waals surface area contributed by atoms with E-state index in [4.69, 9.17) is 4.42 Å². The van der Waals surface area contributed by atoms with Gasteiger partial charge in [-0.1, -0.05) is 0 Å². The zero-order valence-electron chi connectivity index (χ0n) is 15.8. The summed E-state index contributed by atoms with van der Waals surface area (Å²) < 4.78 is 5.17. The molecule has 0 atom stereocenters. The molecule has 148 valence electrons. The van der Waals surface area contributed by atoms with Crippen molar-refractivity contribution in [3.05, 3.63) is 78.1 Å². The molecule has 0 aromatic carbocycles. The Morgan fingerprint density at radius 1 is 0.966 bits per heavy atom. The smallest absolute Gasteiger partial charge is 0.289 e. The number of rotatable bonds is 5. The third-order valence-corrected chi connectivity index (χ3v) is 4.82. The lowest BCUT2D eigenvalue weighted by Gasteiger charge is -2.34. The van der Waals surface area contributed by atoms with Crippen molar-refractivity contribution in [2.45, 2.75) is 6.54 Å². The van der Waals surface area contributed by atoms with Crippen molar-refractivity contribution in [2.75, 3.05) is 31.5 Å². The maximum Gasteiger partial charge on any atom is 0.289 e. The maximum absolute atomic E-state index is 12.9. The molecule has 0 bridgehead atoms. The molecule has 0 saturated carbocycles. The summed E-state index contributed by atoms with van der Waals surface area (Å²) in [7, 11) is 0. The number of amides is 2. The van der Waals surface area contributed by atoms with Gasteiger partial charge in [0.25, 0.3) is 11.8 Å². The van der Waals surface area contributed by atoms with Gasteiger partial charge in [-0.15, -0.1) is 0 Å². The average molecular weight is 391 g/mol. The molecular weight excluding hydrogens is 370 g/mol. The molecule has 8 nitrogen and oxygen atoms in total. The van der Waals surface area contributed by atoms with E-state index in [0.717, 1.165) is 5.56 Å². The zero-order valence-corrected chi connectivity index (χ0v) is 15.8. The number of pyridine rings is 2. The molecule has 4 heterocycles. The number of nitrogens with one attached hydrogen (secondary N) is 1. The van der Waals surface area contributed by atoms with Crippen molar-refractivity contribution in [2.24, 2.45) is 0 Å². The Labute approximate surface area is 168 Å². The Kier molecular flexibility index (Phi) is 5.51. The molecule has 1 aliphatic heterocycles. The van der Waals surface area contributed by atoms with Gasteiger partial charge >= 0.3 is 0 Å². The summed E-state index contributed by atoms with van der Waals surface area (Å²) in [5.41, 5.74) is 1.65. The highest BCUT2D eigenvalue weighted by molar-refractivity contribution is 5.95. The lowest BCUT2D eigenvalue weighted by atomic mass is 10.2. The predicted molar refractivity (Wildman–Crippen MR) is 106 cm³/mol. The largest absolute Gasteiger partial charge is 0.459 e. The van der Waals surface area contributed by atoms with Crippen LogP contribution >= 0.6 is 0 Å². The molecule has 2 amide bonds. The number of aromatic nitrogens is 2. The van der Waals surface area contributed by atoms with Crippen LogP contribution in [0, 0.1) is 0 Å². The summed E-state index contributed by atoms with van der Waals surface area (Å²) in [4.78, 5) is 37.0. The SMILES string of the molecule is O=C(c1ccnc(NCc2ccncc2)c1)N1CCN(C(=O)c2ccco2)CC1. The van der Waals surface area contributed by atoms with E-state index >= 15 is 0 Å². The van der Waals surface area contributed by atoms with Crippen LogP contribution in [-0.4, -0.2) is 57.8 Å². The molecule has 1 N–H and O–H groups in total. The fraction of sp³-hybridized carbons (Fsp3) is 0.238. The Morgan fingerprint density at radius 2 is 1.69 bits per heavy atom. The predicted octanol–water partition coefficient (Wildman–Crippen LogP) is 2.28. The molecular formula is C21H21N5O3. The molecule has 3 aromatic rings. The van der Waals surface area contributed by atoms with Crippen molar-refractivity contribution in [1.29, 1.82) is 0 Å². The first-order chi connectivity index (χ1) is 14.2. The summed E-state index contributed by atoms with van der Waals surface area (Å²) in [6.07, 6.45) is 6.58. The van der Waals surface area contributed by atoms with E-state index in [-0.39, 0.29) is 11.8 Å². The van der Waals surface area contributed by atoms with Crippen LogP contribution < -0.4 is 5.32 Å². The first-order valence-corrected chi connectivity index (χ1v) is 9.41. The van der Waals surface area contributed by atoms with Crippen molar-refractivity contribution in [3.8, 4) is 0 Å². The first kappa shape index (κ1) is 18.7. The molecule has 0 radical (unpaired) electrons. The van der Waals surface area contributed by atoms with Crippen LogP contribution in [0.3, 0.4) is 0 Å². The molecule has 0 unspecified atom stereocenters. The number of hydrogen-bond donors (Lipinski definition) is 1. The van der Waals surface area contributed by atoms with E-state index in [1.165, 1.54) is 6.26 Å². The van der Waals surface area contributed by atoms with E-state index in [2.05, 4.69) is 15.3 Å². The van der Waals surface area contributed by atoms with Gasteiger partial charge in [0.15, 0.2) is 5.76 Å². The highest BCUT2D eigenvalue weighted by Gasteiger charge is 2.26. The van der Waals surface area contributed by atoms with Crippen molar-refractivity contribution in [1.82, 2.24) is 19.8 Å². The van der Waals surface area contributed by atoms with Gasteiger partial charge in [0, 0.05) is 56.9 Å². The number of carbonyl (C=O) groups is 2. The minimum atomic E-state index is -0.145. The van der Waals surface area contributed by atoms with Crippen LogP contribution in [0.1, 0.15) is 26.5 Å². The molecule has 0 spiro atoms. The Hall–Kier alpha value is -3.68. The zero-order chi connectivity index (χ0) is 20.1. The van der Waals surface area contributed by atoms with Gasteiger partial charge in [-0.25, -0.2) is 4.98 Å². The lowest BCUT2D eigenvalue weighted by Crippen LogP contribution is -2.50. The topological polar surface area (TPSA) is 91.6 Å². The normalized spacial score (nSPS) is 13.9. The van der Waals surface area contributed by atoms with E-state index in [9.17, 15) is 9.59 Å². The Balaban J connectivity index is 1.34. The maximum atomic E-state index is 12.9. The summed E-state index contributed by atoms with van der Waals surface area (Å²) in [5.74, 6) is 0.751. The van der Waals surface area contributed by atoms with Crippen LogP contribution in [0.2, 0.25) is 0 Å². The van der Waals surface area contributed by atoms with E-state index < -0.39 is 0 Å². The summed E-state index contributed by atoms with van der Waals surface area (Å²) >= 11 is 0. The van der Waals surface area contributed by atoms with Gasteiger partial charge in [0.2, 0.25) is 0 Å². The Bertz CT molecular complexity index is 967. The van der Waals surface area contributed by atoms with Crippen LogP contribution in [0.4, 0.5) is 5.82 Å². The number of piperazine rings is 1. The molecule has 1 saturated heterocycles. The minimum Gasteiger partial charge on any atom is -0.459 e. The number of nitrogens with zero attached hydrogens (tertiary/aromatic N) is 4. The lowest BCUT2D eigenvalue weighted by molar-refractivity contribution is 0.0518. The molecule has 1 fully saturated rings. The molecule has 4 rings (SSSR count). The van der Waals surface area contributed by atoms with Crippen LogP contribution in [0.5, 0.6) is 0 Å². The number of anilines is 1. The molecule has 1 aliphatic rings. The van der Waals surface area contributed by atoms with Gasteiger partial charge in [-0.3, -0.25) is 14.6 Å². The Morgan fingerprint density at radius 3 is 2.38 bits per heavy atom. The number of hydrogen-bond acceptors (Lipinski definition) is 6. The average Bonchev–Trinajstić information content (AvgIpc) is 3.33. The van der Waals surface area contributed by atoms with Crippen LogP contribution in [0.25, 0.3) is 0 Å². The second kappa shape index (κ2) is 8.55. The van der Waals surface area contributed by atoms with Crippen LogP contribution in [-0.2, 0) is 6.54 Å². The van der Waals surface area contributed by atoms with Gasteiger partial charge in [-0.2, -0.15) is 0 Å². The molecule has 8 heteroatoms. The summed E-state index contributed by atoms with van der Waals surface area (Å²) in [6.45, 7) is 2.51. The highest BCUT2D eigenvalue weighted by atomic mass is 16.3. The molecule has 0 aliphatic carbocycles. The van der Waals surface area contributed by atoms with Gasteiger partial charge in [-0.05, 0) is 42.0 Å². The molecule has 3 aromatic heterocycles. The summed E-state index contributed by atoms with van der Waals surface area (Å²) in [5, 5.41) is 3.22. The number of carbonyl (C=O) groups excluding carboxylic acids is 2. The van der Waals surface area contributed by atoms with Crippen molar-refractivity contribution < 1.29 is 14.0 Å². The van der Waals surface area contributed by atoms with Gasteiger partial charge in [0.1, 0.15) is 5.82 Å². The van der Waals surface area contributed by atoms with Crippen molar-refractivity contribution >= 4 is 17.6 Å². The molecule has 29 heavy (non-hydrogen) atoms. The third kappa shape index (κ3) is 4.43. The van der Waals surface area contributed by atoms with E-state index in [1.807, 2.05) is 12.1 Å². The fourth-order valence-electron chi connectivity index (χ4n) is 3.20. The third-order valence-electron chi connectivity index (χ3n) is 4.82. The highest BCUT2D eigenvalue weighted by Crippen LogP contribution is 2.14.